The molecule has 0 saturated carbocycles. The van der Waals surface area contributed by atoms with Crippen molar-refractivity contribution in [2.45, 2.75) is 11.8 Å². The Morgan fingerprint density at radius 2 is 2.11 bits per heavy atom. The first-order chi connectivity index (χ1) is 8.16. The summed E-state index contributed by atoms with van der Waals surface area (Å²) >= 11 is 0. The minimum Gasteiger partial charge on any atom is -0.466 e. The van der Waals surface area contributed by atoms with Crippen LogP contribution < -0.4 is 0 Å². The average Bonchev–Trinajstić information content (AvgIpc) is 2.71. The first kappa shape index (κ1) is 14.2. The minimum absolute atomic E-state index is 0.759. The summed E-state index contributed by atoms with van der Waals surface area (Å²) in [7, 11) is 2.15. The van der Waals surface area contributed by atoms with E-state index in [2.05, 4.69) is 16.3 Å². The van der Waals surface area contributed by atoms with E-state index in [1.165, 1.54) is 13.2 Å². The molecule has 8 heteroatoms. The Hall–Kier alpha value is -1.83. The molecule has 0 aromatic carbocycles. The summed E-state index contributed by atoms with van der Waals surface area (Å²) in [6.07, 6.45) is -2.88. The van der Waals surface area contributed by atoms with Crippen LogP contribution in [0.4, 0.5) is 13.2 Å². The molecule has 1 aromatic rings. The van der Waals surface area contributed by atoms with Crippen LogP contribution in [0.15, 0.2) is 24.5 Å². The number of nitrogens with zero attached hydrogens (tertiary/aromatic N) is 2. The van der Waals surface area contributed by atoms with Gasteiger partial charge in [-0.1, -0.05) is 6.58 Å². The molecular formula is C10H11F3N2O3. The van der Waals surface area contributed by atoms with Crippen molar-refractivity contribution in [1.82, 2.24) is 9.55 Å². The van der Waals surface area contributed by atoms with Gasteiger partial charge in [0.25, 0.3) is 5.60 Å². The van der Waals surface area contributed by atoms with Crippen LogP contribution in [0.3, 0.4) is 0 Å². The zero-order valence-corrected chi connectivity index (χ0v) is 9.65. The number of hydrogen-bond donors (Lipinski definition) is 1. The lowest BCUT2D eigenvalue weighted by Crippen LogP contribution is -2.47. The van der Waals surface area contributed by atoms with E-state index in [-0.39, 0.29) is 0 Å². The van der Waals surface area contributed by atoms with Crippen molar-refractivity contribution < 1.29 is 27.8 Å². The number of ether oxygens (including phenoxy) is 1. The molecular weight excluding hydrogens is 253 g/mol. The number of carbonyl (C=O) groups excluding carboxylic acids is 1. The maximum absolute atomic E-state index is 13.0. The topological polar surface area (TPSA) is 64.3 Å². The molecule has 1 rings (SSSR count). The molecule has 0 radical (unpaired) electrons. The van der Waals surface area contributed by atoms with Gasteiger partial charge in [-0.15, -0.1) is 0 Å². The largest absolute Gasteiger partial charge is 0.466 e. The standard InChI is InChI=1S/C10H11F3N2O3/c1-6(7(16)18-3)9(17,10(11,12)13)8-14-4-5-15(8)2/h4-5,17H,1H2,2-3H3/t9-/m0/s1. The van der Waals surface area contributed by atoms with Gasteiger partial charge in [-0.2, -0.15) is 13.2 Å². The zero-order valence-electron chi connectivity index (χ0n) is 9.65. The predicted molar refractivity (Wildman–Crippen MR) is 54.3 cm³/mol. The molecule has 0 amide bonds. The summed E-state index contributed by atoms with van der Waals surface area (Å²) in [5.74, 6) is -2.12. The second kappa shape index (κ2) is 4.45. The Kier molecular flexibility index (Phi) is 3.52. The van der Waals surface area contributed by atoms with E-state index in [1.807, 2.05) is 0 Å². The third-order valence-corrected chi connectivity index (χ3v) is 2.42. The van der Waals surface area contributed by atoms with Crippen LogP contribution in [0, 0.1) is 0 Å². The van der Waals surface area contributed by atoms with Gasteiger partial charge in [0.2, 0.25) is 0 Å². The summed E-state index contributed by atoms with van der Waals surface area (Å²) in [5.41, 5.74) is -4.73. The van der Waals surface area contributed by atoms with Crippen LogP contribution in [0.5, 0.6) is 0 Å². The van der Waals surface area contributed by atoms with Crippen LogP contribution in [0.2, 0.25) is 0 Å². The SMILES string of the molecule is C=C(C(=O)OC)[C@](O)(c1nccn1C)C(F)(F)F. The molecule has 0 aliphatic rings. The fourth-order valence-corrected chi connectivity index (χ4v) is 1.42. The minimum atomic E-state index is -5.16. The molecule has 0 unspecified atom stereocenters. The highest BCUT2D eigenvalue weighted by atomic mass is 19.4. The highest BCUT2D eigenvalue weighted by Gasteiger charge is 2.61. The highest BCUT2D eigenvalue weighted by Crippen LogP contribution is 2.43. The first-order valence-corrected chi connectivity index (χ1v) is 4.70. The van der Waals surface area contributed by atoms with E-state index in [1.54, 1.807) is 0 Å². The Morgan fingerprint density at radius 3 is 2.44 bits per heavy atom. The number of alkyl halides is 3. The Bertz CT molecular complexity index is 481. The maximum atomic E-state index is 13.0. The molecule has 18 heavy (non-hydrogen) atoms. The van der Waals surface area contributed by atoms with Gasteiger partial charge >= 0.3 is 12.1 Å². The van der Waals surface area contributed by atoms with Crippen LogP contribution >= 0.6 is 0 Å². The van der Waals surface area contributed by atoms with Gasteiger partial charge in [-0.3, -0.25) is 0 Å². The van der Waals surface area contributed by atoms with Crippen molar-refractivity contribution in [3.05, 3.63) is 30.4 Å². The Balaban J connectivity index is 3.43. The molecule has 0 aliphatic carbocycles. The van der Waals surface area contributed by atoms with Gasteiger partial charge in [-0.05, 0) is 0 Å². The van der Waals surface area contributed by atoms with Gasteiger partial charge in [0, 0.05) is 19.4 Å². The molecule has 100 valence electrons. The molecule has 0 aliphatic heterocycles. The molecule has 5 nitrogen and oxygen atoms in total. The van der Waals surface area contributed by atoms with Gasteiger partial charge < -0.3 is 14.4 Å². The summed E-state index contributed by atoms with van der Waals surface area (Å²) < 4.78 is 44.2. The monoisotopic (exact) mass is 264 g/mol. The normalized spacial score (nSPS) is 15.0. The smallest absolute Gasteiger partial charge is 0.429 e. The van der Waals surface area contributed by atoms with Gasteiger partial charge in [0.1, 0.15) is 0 Å². The van der Waals surface area contributed by atoms with Crippen LogP contribution in [-0.2, 0) is 22.2 Å². The number of esters is 1. The van der Waals surface area contributed by atoms with Crippen molar-refractivity contribution in [2.24, 2.45) is 7.05 Å². The number of methoxy groups -OCH3 is 1. The highest BCUT2D eigenvalue weighted by molar-refractivity contribution is 5.90. The zero-order chi connectivity index (χ0) is 14.1. The molecule has 1 atom stereocenters. The van der Waals surface area contributed by atoms with Crippen LogP contribution in [-0.4, -0.2) is 33.9 Å². The number of hydrogen-bond acceptors (Lipinski definition) is 4. The molecule has 1 aromatic heterocycles. The van der Waals surface area contributed by atoms with Crippen molar-refractivity contribution in [2.75, 3.05) is 7.11 Å². The molecule has 0 spiro atoms. The van der Waals surface area contributed by atoms with Crippen molar-refractivity contribution in [3.8, 4) is 0 Å². The summed E-state index contributed by atoms with van der Waals surface area (Å²) in [4.78, 5) is 14.6. The Labute approximate surface area is 101 Å². The van der Waals surface area contributed by atoms with E-state index < -0.39 is 29.1 Å². The quantitative estimate of drug-likeness (QED) is 0.650. The fraction of sp³-hybridized carbons (Fsp3) is 0.400. The van der Waals surface area contributed by atoms with Crippen molar-refractivity contribution in [1.29, 1.82) is 0 Å². The maximum Gasteiger partial charge on any atom is 0.429 e. The van der Waals surface area contributed by atoms with Gasteiger partial charge in [-0.25, -0.2) is 9.78 Å². The third kappa shape index (κ3) is 1.99. The number of halogens is 3. The average molecular weight is 264 g/mol. The summed E-state index contributed by atoms with van der Waals surface area (Å²) in [6.45, 7) is 2.96. The molecule has 0 bridgehead atoms. The number of aryl methyl sites for hydroxylation is 1. The van der Waals surface area contributed by atoms with E-state index in [4.69, 9.17) is 0 Å². The number of aliphatic hydroxyl groups is 1. The Morgan fingerprint density at radius 1 is 1.56 bits per heavy atom. The van der Waals surface area contributed by atoms with E-state index >= 15 is 0 Å². The van der Waals surface area contributed by atoms with E-state index in [9.17, 15) is 23.1 Å². The second-order valence-electron chi connectivity index (χ2n) is 3.54. The molecule has 0 fully saturated rings. The van der Waals surface area contributed by atoms with Gasteiger partial charge in [0.05, 0.1) is 12.7 Å². The van der Waals surface area contributed by atoms with Crippen LogP contribution in [0.1, 0.15) is 5.82 Å². The number of aromatic nitrogens is 2. The second-order valence-corrected chi connectivity index (χ2v) is 3.54. The van der Waals surface area contributed by atoms with Gasteiger partial charge in [0.15, 0.2) is 5.82 Å². The lowest BCUT2D eigenvalue weighted by Gasteiger charge is -2.30. The molecule has 1 N–H and O–H groups in total. The van der Waals surface area contributed by atoms with E-state index in [0.717, 1.165) is 17.9 Å². The molecule has 1 heterocycles. The number of rotatable bonds is 3. The lowest BCUT2D eigenvalue weighted by atomic mass is 9.93. The van der Waals surface area contributed by atoms with Crippen molar-refractivity contribution >= 4 is 5.97 Å². The third-order valence-electron chi connectivity index (χ3n) is 2.42. The predicted octanol–water partition coefficient (Wildman–Crippen LogP) is 0.899. The lowest BCUT2D eigenvalue weighted by molar-refractivity contribution is -0.254. The first-order valence-electron chi connectivity index (χ1n) is 4.70. The van der Waals surface area contributed by atoms with Crippen LogP contribution in [0.25, 0.3) is 0 Å². The summed E-state index contributed by atoms with van der Waals surface area (Å²) in [6, 6.07) is 0. The number of imidazole rings is 1. The van der Waals surface area contributed by atoms with E-state index in [0.29, 0.717) is 0 Å². The van der Waals surface area contributed by atoms with Crippen molar-refractivity contribution in [3.63, 3.8) is 0 Å². The molecule has 0 saturated heterocycles. The fourth-order valence-electron chi connectivity index (χ4n) is 1.42. The number of carbonyl (C=O) groups is 1. The summed E-state index contributed by atoms with van der Waals surface area (Å²) in [5, 5.41) is 9.85.